The number of rotatable bonds is 8. The predicted octanol–water partition coefficient (Wildman–Crippen LogP) is 1.56. The van der Waals surface area contributed by atoms with Crippen LogP contribution in [0, 0.1) is 0 Å². The number of para-hydroxylation sites is 1. The Morgan fingerprint density at radius 3 is 2.82 bits per heavy atom. The monoisotopic (exact) mass is 306 g/mol. The molecule has 2 rings (SSSR count). The van der Waals surface area contributed by atoms with Crippen molar-refractivity contribution in [2.45, 2.75) is 38.3 Å². The molecule has 0 bridgehead atoms. The minimum absolute atomic E-state index is 0.0322. The molecule has 122 valence electrons. The topological polar surface area (TPSA) is 61.8 Å². The van der Waals surface area contributed by atoms with Gasteiger partial charge in [-0.2, -0.15) is 0 Å². The number of hydrogen-bond donors (Lipinski definition) is 2. The summed E-state index contributed by atoms with van der Waals surface area (Å²) in [6.07, 6.45) is 3.01. The van der Waals surface area contributed by atoms with E-state index in [1.807, 2.05) is 42.2 Å². The third-order valence-electron chi connectivity index (χ3n) is 4.08. The number of ether oxygens (including phenoxy) is 1. The minimum Gasteiger partial charge on any atom is -0.394 e. The van der Waals surface area contributed by atoms with Crippen LogP contribution in [-0.2, 0) is 9.53 Å². The Hall–Kier alpha value is -1.59. The van der Waals surface area contributed by atoms with Gasteiger partial charge in [0.15, 0.2) is 0 Å². The Bertz CT molecular complexity index is 442. The van der Waals surface area contributed by atoms with Gasteiger partial charge in [0.1, 0.15) is 0 Å². The van der Waals surface area contributed by atoms with Gasteiger partial charge in [-0.25, -0.2) is 0 Å². The van der Waals surface area contributed by atoms with Gasteiger partial charge in [-0.1, -0.05) is 25.1 Å². The number of nitrogens with one attached hydrogen (secondary N) is 1. The Morgan fingerprint density at radius 1 is 1.45 bits per heavy atom. The Kier molecular flexibility index (Phi) is 6.68. The number of aliphatic hydroxyl groups excluding tert-OH is 1. The number of hydrogen-bond acceptors (Lipinski definition) is 4. The van der Waals surface area contributed by atoms with Gasteiger partial charge in [0.25, 0.3) is 0 Å². The lowest BCUT2D eigenvalue weighted by Gasteiger charge is -2.31. The zero-order valence-corrected chi connectivity index (χ0v) is 13.2. The van der Waals surface area contributed by atoms with Crippen molar-refractivity contribution < 1.29 is 14.6 Å². The summed E-state index contributed by atoms with van der Waals surface area (Å²) in [5.74, 6) is -0.0359. The van der Waals surface area contributed by atoms with E-state index >= 15 is 0 Å². The number of nitrogens with zero attached hydrogens (tertiary/aromatic N) is 1. The molecule has 0 saturated carbocycles. The van der Waals surface area contributed by atoms with E-state index in [0.29, 0.717) is 6.54 Å². The highest BCUT2D eigenvalue weighted by molar-refractivity contribution is 5.81. The van der Waals surface area contributed by atoms with Crippen molar-refractivity contribution in [2.75, 3.05) is 31.2 Å². The molecule has 5 heteroatoms. The summed E-state index contributed by atoms with van der Waals surface area (Å²) in [5.41, 5.74) is 0.954. The predicted molar refractivity (Wildman–Crippen MR) is 86.9 cm³/mol. The smallest absolute Gasteiger partial charge is 0.239 e. The second-order valence-electron chi connectivity index (χ2n) is 5.65. The van der Waals surface area contributed by atoms with E-state index in [9.17, 15) is 9.90 Å². The van der Waals surface area contributed by atoms with Crippen molar-refractivity contribution in [1.82, 2.24) is 5.32 Å². The van der Waals surface area contributed by atoms with Crippen LogP contribution in [0.5, 0.6) is 0 Å². The average Bonchev–Trinajstić information content (AvgIpc) is 3.07. The van der Waals surface area contributed by atoms with Crippen LogP contribution >= 0.6 is 0 Å². The van der Waals surface area contributed by atoms with E-state index in [1.165, 1.54) is 0 Å². The van der Waals surface area contributed by atoms with Gasteiger partial charge >= 0.3 is 0 Å². The molecule has 0 radical (unpaired) electrons. The SMILES string of the molecule is CCC(CO)N(CC(=O)NCC1CCCO1)c1ccccc1. The van der Waals surface area contributed by atoms with Gasteiger partial charge in [-0.3, -0.25) is 4.79 Å². The van der Waals surface area contributed by atoms with Crippen LogP contribution in [0.2, 0.25) is 0 Å². The molecule has 1 aromatic rings. The van der Waals surface area contributed by atoms with Crippen molar-refractivity contribution >= 4 is 11.6 Å². The number of amides is 1. The normalized spacial score (nSPS) is 18.9. The number of carbonyl (C=O) groups is 1. The zero-order valence-electron chi connectivity index (χ0n) is 13.2. The highest BCUT2D eigenvalue weighted by atomic mass is 16.5. The molecule has 0 spiro atoms. The third-order valence-corrected chi connectivity index (χ3v) is 4.08. The molecule has 1 amide bonds. The molecular weight excluding hydrogens is 280 g/mol. The van der Waals surface area contributed by atoms with E-state index in [2.05, 4.69) is 5.32 Å². The summed E-state index contributed by atoms with van der Waals surface area (Å²) in [7, 11) is 0. The minimum atomic E-state index is -0.0594. The first-order valence-corrected chi connectivity index (χ1v) is 8.05. The summed E-state index contributed by atoms with van der Waals surface area (Å²) >= 11 is 0. The molecule has 2 unspecified atom stereocenters. The molecular formula is C17H26N2O3. The van der Waals surface area contributed by atoms with Crippen molar-refractivity contribution in [2.24, 2.45) is 0 Å². The maximum atomic E-state index is 12.2. The van der Waals surface area contributed by atoms with E-state index in [4.69, 9.17) is 4.74 Å². The highest BCUT2D eigenvalue weighted by Gasteiger charge is 2.21. The molecule has 5 nitrogen and oxygen atoms in total. The largest absolute Gasteiger partial charge is 0.394 e. The molecule has 2 N–H and O–H groups in total. The second-order valence-corrected chi connectivity index (χ2v) is 5.65. The summed E-state index contributed by atoms with van der Waals surface area (Å²) < 4.78 is 5.51. The standard InChI is InChI=1S/C17H26N2O3/c1-2-14(13-20)19(15-7-4-3-5-8-15)12-17(21)18-11-16-9-6-10-22-16/h3-5,7-8,14,16,20H,2,6,9-13H2,1H3,(H,18,21). The average molecular weight is 306 g/mol. The van der Waals surface area contributed by atoms with E-state index < -0.39 is 0 Å². The van der Waals surface area contributed by atoms with Crippen molar-refractivity contribution in [3.8, 4) is 0 Å². The Morgan fingerprint density at radius 2 is 2.23 bits per heavy atom. The van der Waals surface area contributed by atoms with Crippen molar-refractivity contribution in [3.05, 3.63) is 30.3 Å². The van der Waals surface area contributed by atoms with Crippen molar-refractivity contribution in [1.29, 1.82) is 0 Å². The Balaban J connectivity index is 1.94. The maximum absolute atomic E-state index is 12.2. The molecule has 1 aromatic carbocycles. The molecule has 22 heavy (non-hydrogen) atoms. The number of anilines is 1. The number of carbonyl (C=O) groups excluding carboxylic acids is 1. The third kappa shape index (κ3) is 4.71. The van der Waals surface area contributed by atoms with E-state index in [0.717, 1.165) is 31.6 Å². The summed E-state index contributed by atoms with van der Waals surface area (Å²) in [6, 6.07) is 9.69. The molecule has 0 aliphatic carbocycles. The summed E-state index contributed by atoms with van der Waals surface area (Å²) in [4.78, 5) is 14.2. The number of benzene rings is 1. The molecule has 1 aliphatic heterocycles. The van der Waals surface area contributed by atoms with Gasteiger partial charge in [-0.05, 0) is 31.4 Å². The summed E-state index contributed by atoms with van der Waals surface area (Å²) in [6.45, 7) is 3.65. The van der Waals surface area contributed by atoms with Crippen LogP contribution in [-0.4, -0.2) is 49.5 Å². The first kappa shape index (κ1) is 16.8. The molecule has 1 fully saturated rings. The molecule has 2 atom stereocenters. The first-order chi connectivity index (χ1) is 10.7. The fourth-order valence-electron chi connectivity index (χ4n) is 2.74. The lowest BCUT2D eigenvalue weighted by atomic mass is 10.1. The fourth-order valence-corrected chi connectivity index (χ4v) is 2.74. The van der Waals surface area contributed by atoms with Crippen LogP contribution in [0.3, 0.4) is 0 Å². The van der Waals surface area contributed by atoms with Gasteiger partial charge < -0.3 is 20.1 Å². The van der Waals surface area contributed by atoms with Gasteiger partial charge in [0.05, 0.1) is 25.3 Å². The highest BCUT2D eigenvalue weighted by Crippen LogP contribution is 2.18. The Labute approximate surface area is 132 Å². The van der Waals surface area contributed by atoms with E-state index in [-0.39, 0.29) is 31.2 Å². The maximum Gasteiger partial charge on any atom is 0.239 e. The van der Waals surface area contributed by atoms with Crippen LogP contribution in [0.1, 0.15) is 26.2 Å². The van der Waals surface area contributed by atoms with Crippen LogP contribution in [0.25, 0.3) is 0 Å². The lowest BCUT2D eigenvalue weighted by molar-refractivity contribution is -0.120. The second kappa shape index (κ2) is 8.76. The molecule has 0 aromatic heterocycles. The van der Waals surface area contributed by atoms with Gasteiger partial charge in [0.2, 0.25) is 5.91 Å². The number of aliphatic hydroxyl groups is 1. The van der Waals surface area contributed by atoms with Gasteiger partial charge in [-0.15, -0.1) is 0 Å². The quantitative estimate of drug-likeness (QED) is 0.765. The fraction of sp³-hybridized carbons (Fsp3) is 0.588. The molecule has 1 aliphatic rings. The van der Waals surface area contributed by atoms with Crippen LogP contribution in [0.15, 0.2) is 30.3 Å². The van der Waals surface area contributed by atoms with Crippen LogP contribution in [0.4, 0.5) is 5.69 Å². The zero-order chi connectivity index (χ0) is 15.8. The van der Waals surface area contributed by atoms with Crippen LogP contribution < -0.4 is 10.2 Å². The van der Waals surface area contributed by atoms with E-state index in [1.54, 1.807) is 0 Å². The van der Waals surface area contributed by atoms with Crippen molar-refractivity contribution in [3.63, 3.8) is 0 Å². The lowest BCUT2D eigenvalue weighted by Crippen LogP contribution is -2.45. The molecule has 1 heterocycles. The first-order valence-electron chi connectivity index (χ1n) is 8.05. The summed E-state index contributed by atoms with van der Waals surface area (Å²) in [5, 5.41) is 12.5. The molecule has 1 saturated heterocycles. The van der Waals surface area contributed by atoms with Gasteiger partial charge in [0, 0.05) is 18.8 Å².